The molecule has 0 unspecified atom stereocenters. The van der Waals surface area contributed by atoms with E-state index in [1.165, 1.54) is 18.2 Å². The van der Waals surface area contributed by atoms with Crippen LogP contribution in [0.15, 0.2) is 34.6 Å². The second kappa shape index (κ2) is 10.1. The minimum Gasteiger partial charge on any atom is -0.507 e. The van der Waals surface area contributed by atoms with E-state index in [0.717, 1.165) is 19.3 Å². The number of carbonyl (C=O) groups excluding carboxylic acids is 3. The Morgan fingerprint density at radius 1 is 1.23 bits per heavy atom. The number of allylic oxidation sites excluding steroid dienone is 2. The van der Waals surface area contributed by atoms with Gasteiger partial charge in [0.05, 0.1) is 10.6 Å². The van der Waals surface area contributed by atoms with Crippen molar-refractivity contribution in [1.82, 2.24) is 5.01 Å². The van der Waals surface area contributed by atoms with Gasteiger partial charge in [0, 0.05) is 23.1 Å². The molecule has 31 heavy (non-hydrogen) atoms. The number of hydrogen-bond acceptors (Lipinski definition) is 8. The molecular formula is C21H25N3O7. The second-order valence-corrected chi connectivity index (χ2v) is 7.42. The highest BCUT2D eigenvalue weighted by Gasteiger charge is 2.31. The van der Waals surface area contributed by atoms with Gasteiger partial charge in [0.2, 0.25) is 0 Å². The molecule has 1 saturated heterocycles. The van der Waals surface area contributed by atoms with E-state index in [1.807, 2.05) is 0 Å². The summed E-state index contributed by atoms with van der Waals surface area (Å²) in [5, 5.41) is 26.9. The molecule has 1 N–H and O–H groups in total. The monoisotopic (exact) mass is 431 g/mol. The minimum atomic E-state index is -0.609. The van der Waals surface area contributed by atoms with Crippen LogP contribution in [-0.4, -0.2) is 52.6 Å². The van der Waals surface area contributed by atoms with Crippen molar-refractivity contribution >= 4 is 17.5 Å². The molecule has 0 aromatic heterocycles. The van der Waals surface area contributed by atoms with Crippen LogP contribution in [0.1, 0.15) is 66.2 Å². The molecule has 10 nitrogen and oxygen atoms in total. The summed E-state index contributed by atoms with van der Waals surface area (Å²) in [6, 6.07) is 4.37. The highest BCUT2D eigenvalue weighted by Crippen LogP contribution is 2.33. The molecule has 1 fully saturated rings. The number of benzene rings is 1. The van der Waals surface area contributed by atoms with E-state index >= 15 is 0 Å². The number of aromatic hydroxyl groups is 1. The van der Waals surface area contributed by atoms with Gasteiger partial charge in [-0.15, -0.1) is 0 Å². The van der Waals surface area contributed by atoms with Crippen LogP contribution in [0.3, 0.4) is 0 Å². The number of ether oxygens (including phenoxy) is 1. The first-order chi connectivity index (χ1) is 14.9. The summed E-state index contributed by atoms with van der Waals surface area (Å²) in [5.74, 6) is -1.58. The number of nitrogens with zero attached hydrogens (tertiary/aromatic N) is 3. The fraction of sp³-hybridized carbons (Fsp3) is 0.476. The van der Waals surface area contributed by atoms with E-state index in [2.05, 4.69) is 5.22 Å². The van der Waals surface area contributed by atoms with Gasteiger partial charge in [-0.1, -0.05) is 12.1 Å². The molecule has 1 aliphatic heterocycles. The third-order valence-electron chi connectivity index (χ3n) is 5.30. The van der Waals surface area contributed by atoms with Crippen LogP contribution < -0.4 is 0 Å². The lowest BCUT2D eigenvalue weighted by atomic mass is 9.82. The van der Waals surface area contributed by atoms with Crippen molar-refractivity contribution < 1.29 is 34.1 Å². The van der Waals surface area contributed by atoms with Gasteiger partial charge in [-0.2, -0.15) is 5.01 Å². The lowest BCUT2D eigenvalue weighted by molar-refractivity contribution is -0.805. The molecule has 166 valence electrons. The van der Waals surface area contributed by atoms with Crippen molar-refractivity contribution in [1.29, 1.82) is 0 Å². The van der Waals surface area contributed by atoms with E-state index in [1.54, 1.807) is 11.9 Å². The Kier molecular flexibility index (Phi) is 7.22. The summed E-state index contributed by atoms with van der Waals surface area (Å²) in [6.07, 6.45) is 3.43. The van der Waals surface area contributed by atoms with Crippen LogP contribution in [0.4, 0.5) is 0 Å². The standard InChI is InChI=1S/C21H25N3O7/c1-14-15(21(28)19-16(20(14)27)8-5-9-17(19)25)7-6-10-18(26)30-13-31-24(29)22-23-11-3-2-4-12-23/h5,8-9,25H,2-4,6-7,10-13H2,1H3/b24-22+. The Labute approximate surface area is 179 Å². The zero-order valence-corrected chi connectivity index (χ0v) is 17.3. The number of piperidine rings is 1. The van der Waals surface area contributed by atoms with Gasteiger partial charge in [-0.25, -0.2) is 0 Å². The minimum absolute atomic E-state index is 0.00271. The Morgan fingerprint density at radius 3 is 2.71 bits per heavy atom. The number of ketones is 2. The largest absolute Gasteiger partial charge is 0.507 e. The summed E-state index contributed by atoms with van der Waals surface area (Å²) < 4.78 is 4.85. The first-order valence-electron chi connectivity index (χ1n) is 10.2. The molecule has 2 aliphatic rings. The second-order valence-electron chi connectivity index (χ2n) is 7.42. The molecular weight excluding hydrogens is 406 g/mol. The van der Waals surface area contributed by atoms with Gasteiger partial charge >= 0.3 is 5.97 Å². The van der Waals surface area contributed by atoms with Crippen LogP contribution >= 0.6 is 0 Å². The number of esters is 1. The average molecular weight is 431 g/mol. The van der Waals surface area contributed by atoms with E-state index < -0.39 is 18.5 Å². The zero-order chi connectivity index (χ0) is 22.4. The van der Waals surface area contributed by atoms with Gasteiger partial charge in [0.15, 0.2) is 18.4 Å². The quantitative estimate of drug-likeness (QED) is 0.287. The summed E-state index contributed by atoms with van der Waals surface area (Å²) in [4.78, 5) is 41.8. The maximum atomic E-state index is 12.7. The molecule has 1 aliphatic carbocycles. The molecule has 0 atom stereocenters. The van der Waals surface area contributed by atoms with Crippen LogP contribution in [0.2, 0.25) is 0 Å². The van der Waals surface area contributed by atoms with Gasteiger partial charge < -0.3 is 19.9 Å². The summed E-state index contributed by atoms with van der Waals surface area (Å²) in [5.41, 5.74) is 0.757. The highest BCUT2D eigenvalue weighted by atomic mass is 16.9. The lowest BCUT2D eigenvalue weighted by Crippen LogP contribution is -2.26. The summed E-state index contributed by atoms with van der Waals surface area (Å²) in [7, 11) is 0. The highest BCUT2D eigenvalue weighted by molar-refractivity contribution is 6.27. The molecule has 1 aromatic rings. The molecule has 1 aromatic carbocycles. The molecule has 0 spiro atoms. The van der Waals surface area contributed by atoms with Gasteiger partial charge in [0.1, 0.15) is 24.1 Å². The van der Waals surface area contributed by atoms with Crippen molar-refractivity contribution in [2.24, 2.45) is 5.22 Å². The third-order valence-corrected chi connectivity index (χ3v) is 5.30. The average Bonchev–Trinajstić information content (AvgIpc) is 2.75. The smallest absolute Gasteiger partial charge is 0.306 e. The molecule has 3 rings (SSSR count). The number of phenolic OH excluding ortho intramolecular Hbond substituents is 1. The fourth-order valence-corrected chi connectivity index (χ4v) is 3.64. The Bertz CT molecular complexity index is 933. The maximum Gasteiger partial charge on any atom is 0.306 e. The molecule has 10 heteroatoms. The van der Waals surface area contributed by atoms with Crippen LogP contribution in [0.25, 0.3) is 0 Å². The van der Waals surface area contributed by atoms with Crippen molar-refractivity contribution in [3.63, 3.8) is 0 Å². The molecule has 0 saturated carbocycles. The first kappa shape index (κ1) is 22.3. The van der Waals surface area contributed by atoms with Crippen LogP contribution in [0, 0.1) is 5.21 Å². The predicted octanol–water partition coefficient (Wildman–Crippen LogP) is 3.05. The normalized spacial score (nSPS) is 16.9. The number of hydrogen-bond donors (Lipinski definition) is 1. The molecule has 1 heterocycles. The number of phenols is 1. The fourth-order valence-electron chi connectivity index (χ4n) is 3.64. The van der Waals surface area contributed by atoms with Gasteiger partial charge in [0.25, 0.3) is 0 Å². The zero-order valence-electron chi connectivity index (χ0n) is 17.3. The topological polar surface area (TPSA) is 132 Å². The Morgan fingerprint density at radius 2 is 1.97 bits per heavy atom. The summed E-state index contributed by atoms with van der Waals surface area (Å²) in [6.45, 7) is 2.35. The predicted molar refractivity (Wildman–Crippen MR) is 107 cm³/mol. The van der Waals surface area contributed by atoms with E-state index in [9.17, 15) is 24.7 Å². The number of carbonyl (C=O) groups is 3. The van der Waals surface area contributed by atoms with Gasteiger partial charge in [-0.3, -0.25) is 14.4 Å². The van der Waals surface area contributed by atoms with E-state index in [-0.39, 0.29) is 52.5 Å². The number of rotatable bonds is 8. The maximum absolute atomic E-state index is 12.7. The Hall–Kier alpha value is -3.43. The summed E-state index contributed by atoms with van der Waals surface area (Å²) >= 11 is 0. The third kappa shape index (κ3) is 5.39. The van der Waals surface area contributed by atoms with Crippen molar-refractivity contribution in [2.45, 2.75) is 45.4 Å². The molecule has 0 amide bonds. The lowest BCUT2D eigenvalue weighted by Gasteiger charge is -2.19. The first-order valence-corrected chi connectivity index (χ1v) is 10.2. The SMILES string of the molecule is CC1=C(CCCC(=O)OCO/[N+]([O-])=N/N2CCCCC2)C(=O)c2c(O)cccc2C1=O. The van der Waals surface area contributed by atoms with E-state index in [4.69, 9.17) is 9.57 Å². The van der Waals surface area contributed by atoms with Crippen molar-refractivity contribution in [2.75, 3.05) is 19.9 Å². The van der Waals surface area contributed by atoms with Crippen molar-refractivity contribution in [3.05, 3.63) is 45.7 Å². The number of fused-ring (bicyclic) bond motifs is 1. The van der Waals surface area contributed by atoms with Crippen LogP contribution in [0.5, 0.6) is 5.75 Å². The molecule has 0 bridgehead atoms. The van der Waals surface area contributed by atoms with Crippen LogP contribution in [-0.2, 0) is 14.4 Å². The van der Waals surface area contributed by atoms with Gasteiger partial charge in [-0.05, 0) is 45.1 Å². The van der Waals surface area contributed by atoms with Crippen molar-refractivity contribution in [3.8, 4) is 5.75 Å². The Balaban J connectivity index is 1.45. The number of Topliss-reactive ketones (excluding diaryl/α,β-unsaturated/α-hetero) is 2. The molecule has 0 radical (unpaired) electrons. The van der Waals surface area contributed by atoms with E-state index in [0.29, 0.717) is 18.7 Å².